The zero-order chi connectivity index (χ0) is 13.8. The van der Waals surface area contributed by atoms with Crippen molar-refractivity contribution in [1.82, 2.24) is 9.55 Å². The Labute approximate surface area is 121 Å². The summed E-state index contributed by atoms with van der Waals surface area (Å²) in [5, 5.41) is 0. The summed E-state index contributed by atoms with van der Waals surface area (Å²) in [6, 6.07) is 5.52. The molecule has 102 valence electrons. The van der Waals surface area contributed by atoms with Crippen molar-refractivity contribution in [2.75, 3.05) is 7.11 Å². The molecule has 19 heavy (non-hydrogen) atoms. The van der Waals surface area contributed by atoms with E-state index < -0.39 is 0 Å². The molecule has 1 aromatic heterocycles. The molecule has 0 saturated carbocycles. The third kappa shape index (κ3) is 2.98. The maximum atomic E-state index is 6.35. The first kappa shape index (κ1) is 14.1. The first-order valence-electron chi connectivity index (χ1n) is 6.27. The fourth-order valence-corrected chi connectivity index (χ4v) is 2.55. The van der Waals surface area contributed by atoms with Crippen molar-refractivity contribution in [2.24, 2.45) is 5.73 Å². The molecule has 1 heterocycles. The van der Waals surface area contributed by atoms with Gasteiger partial charge in [-0.05, 0) is 30.2 Å². The molecule has 4 nitrogen and oxygen atoms in total. The Bertz CT molecular complexity index is 553. The minimum absolute atomic E-state index is 0.272. The van der Waals surface area contributed by atoms with Crippen LogP contribution in [0.3, 0.4) is 0 Å². The van der Waals surface area contributed by atoms with Crippen LogP contribution in [-0.2, 0) is 6.54 Å². The van der Waals surface area contributed by atoms with E-state index in [-0.39, 0.29) is 6.04 Å². The van der Waals surface area contributed by atoms with E-state index >= 15 is 0 Å². The van der Waals surface area contributed by atoms with Gasteiger partial charge in [0, 0.05) is 23.4 Å². The van der Waals surface area contributed by atoms with E-state index in [1.165, 1.54) is 0 Å². The minimum atomic E-state index is -0.272. The van der Waals surface area contributed by atoms with Crippen molar-refractivity contribution in [3.05, 3.63) is 46.5 Å². The Morgan fingerprint density at radius 2 is 2.26 bits per heavy atom. The molecule has 5 heteroatoms. The molecule has 2 N–H and O–H groups in total. The van der Waals surface area contributed by atoms with Crippen molar-refractivity contribution in [3.8, 4) is 5.75 Å². The van der Waals surface area contributed by atoms with Gasteiger partial charge >= 0.3 is 0 Å². The maximum Gasteiger partial charge on any atom is 0.130 e. The number of benzene rings is 1. The molecule has 0 radical (unpaired) electrons. The largest absolute Gasteiger partial charge is 0.497 e. The number of nitrogens with zero attached hydrogens (tertiary/aromatic N) is 2. The van der Waals surface area contributed by atoms with Crippen LogP contribution in [0, 0.1) is 0 Å². The van der Waals surface area contributed by atoms with Crippen molar-refractivity contribution in [1.29, 1.82) is 0 Å². The predicted octanol–water partition coefficient (Wildman–Crippen LogP) is 3.11. The lowest BCUT2D eigenvalue weighted by atomic mass is 10.1. The van der Waals surface area contributed by atoms with Crippen molar-refractivity contribution < 1.29 is 4.74 Å². The zero-order valence-electron chi connectivity index (χ0n) is 11.1. The highest BCUT2D eigenvalue weighted by atomic mass is 79.9. The Kier molecular flexibility index (Phi) is 4.61. The van der Waals surface area contributed by atoms with E-state index in [4.69, 9.17) is 10.5 Å². The summed E-state index contributed by atoms with van der Waals surface area (Å²) in [5.41, 5.74) is 7.32. The predicted molar refractivity (Wildman–Crippen MR) is 79.2 cm³/mol. The van der Waals surface area contributed by atoms with Crippen molar-refractivity contribution in [2.45, 2.75) is 25.9 Å². The standard InChI is InChI=1S/C14H18BrN3O/c1-3-7-18-8-6-17-14(18)13(16)11-9-10(19-2)4-5-12(11)15/h4-6,8-9,13H,3,7,16H2,1-2H3. The summed E-state index contributed by atoms with van der Waals surface area (Å²) in [6.07, 6.45) is 4.81. The molecule has 2 rings (SSSR count). The van der Waals surface area contributed by atoms with Gasteiger partial charge in [0.05, 0.1) is 13.2 Å². The van der Waals surface area contributed by atoms with Gasteiger partial charge in [0.1, 0.15) is 11.6 Å². The van der Waals surface area contributed by atoms with Crippen LogP contribution in [0.2, 0.25) is 0 Å². The highest BCUT2D eigenvalue weighted by molar-refractivity contribution is 9.10. The van der Waals surface area contributed by atoms with Crippen LogP contribution in [0.25, 0.3) is 0 Å². The number of aryl methyl sites for hydroxylation is 1. The van der Waals surface area contributed by atoms with Crippen molar-refractivity contribution >= 4 is 15.9 Å². The van der Waals surface area contributed by atoms with E-state index in [0.29, 0.717) is 0 Å². The second-order valence-corrected chi connectivity index (χ2v) is 5.20. The van der Waals surface area contributed by atoms with Gasteiger partial charge in [0.25, 0.3) is 0 Å². The highest BCUT2D eigenvalue weighted by Crippen LogP contribution is 2.29. The molecule has 0 amide bonds. The van der Waals surface area contributed by atoms with Crippen LogP contribution in [0.15, 0.2) is 35.1 Å². The molecule has 0 spiro atoms. The quantitative estimate of drug-likeness (QED) is 0.919. The second kappa shape index (κ2) is 6.21. The van der Waals surface area contributed by atoms with Crippen LogP contribution in [0.1, 0.15) is 30.8 Å². The van der Waals surface area contributed by atoms with Gasteiger partial charge < -0.3 is 15.0 Å². The first-order chi connectivity index (χ1) is 9.17. The number of hydrogen-bond donors (Lipinski definition) is 1. The van der Waals surface area contributed by atoms with E-state index in [2.05, 4.69) is 32.4 Å². The smallest absolute Gasteiger partial charge is 0.130 e. The van der Waals surface area contributed by atoms with E-state index in [1.807, 2.05) is 24.4 Å². The van der Waals surface area contributed by atoms with E-state index in [0.717, 1.165) is 34.6 Å². The number of imidazole rings is 1. The maximum absolute atomic E-state index is 6.35. The number of halogens is 1. The van der Waals surface area contributed by atoms with Gasteiger partial charge in [0.15, 0.2) is 0 Å². The zero-order valence-corrected chi connectivity index (χ0v) is 12.7. The molecular formula is C14H18BrN3O. The Hall–Kier alpha value is -1.33. The third-order valence-corrected chi connectivity index (χ3v) is 3.75. The molecule has 0 saturated heterocycles. The molecule has 0 aliphatic carbocycles. The summed E-state index contributed by atoms with van der Waals surface area (Å²) in [6.45, 7) is 3.06. The lowest BCUT2D eigenvalue weighted by Gasteiger charge is -2.16. The fourth-order valence-electron chi connectivity index (χ4n) is 2.06. The fraction of sp³-hybridized carbons (Fsp3) is 0.357. The van der Waals surface area contributed by atoms with Gasteiger partial charge in [-0.3, -0.25) is 0 Å². The van der Waals surface area contributed by atoms with Gasteiger partial charge in [-0.1, -0.05) is 22.9 Å². The van der Waals surface area contributed by atoms with Gasteiger partial charge in [0.2, 0.25) is 0 Å². The summed E-state index contributed by atoms with van der Waals surface area (Å²) >= 11 is 3.54. The molecule has 2 aromatic rings. The lowest BCUT2D eigenvalue weighted by molar-refractivity contribution is 0.414. The Balaban J connectivity index is 2.37. The van der Waals surface area contributed by atoms with Gasteiger partial charge in [-0.25, -0.2) is 4.98 Å². The van der Waals surface area contributed by atoms with Crippen LogP contribution >= 0.6 is 15.9 Å². The monoisotopic (exact) mass is 323 g/mol. The number of methoxy groups -OCH3 is 1. The van der Waals surface area contributed by atoms with Crippen LogP contribution < -0.4 is 10.5 Å². The topological polar surface area (TPSA) is 53.1 Å². The normalized spacial score (nSPS) is 12.4. The van der Waals surface area contributed by atoms with Gasteiger partial charge in [-0.2, -0.15) is 0 Å². The number of nitrogens with two attached hydrogens (primary N) is 1. The van der Waals surface area contributed by atoms with E-state index in [9.17, 15) is 0 Å². The minimum Gasteiger partial charge on any atom is -0.497 e. The molecule has 1 aromatic carbocycles. The average molecular weight is 324 g/mol. The molecular weight excluding hydrogens is 306 g/mol. The van der Waals surface area contributed by atoms with Crippen LogP contribution in [0.5, 0.6) is 5.75 Å². The molecule has 0 aliphatic heterocycles. The Morgan fingerprint density at radius 1 is 1.47 bits per heavy atom. The number of aromatic nitrogens is 2. The van der Waals surface area contributed by atoms with Crippen LogP contribution in [-0.4, -0.2) is 16.7 Å². The van der Waals surface area contributed by atoms with E-state index in [1.54, 1.807) is 13.3 Å². The summed E-state index contributed by atoms with van der Waals surface area (Å²) in [4.78, 5) is 4.38. The summed E-state index contributed by atoms with van der Waals surface area (Å²) in [5.74, 6) is 1.66. The molecule has 1 unspecified atom stereocenters. The summed E-state index contributed by atoms with van der Waals surface area (Å²) in [7, 11) is 1.65. The summed E-state index contributed by atoms with van der Waals surface area (Å²) < 4.78 is 8.31. The Morgan fingerprint density at radius 3 is 2.95 bits per heavy atom. The SMILES string of the molecule is CCCn1ccnc1C(N)c1cc(OC)ccc1Br. The van der Waals surface area contributed by atoms with Crippen molar-refractivity contribution in [3.63, 3.8) is 0 Å². The highest BCUT2D eigenvalue weighted by Gasteiger charge is 2.17. The molecule has 0 bridgehead atoms. The van der Waals surface area contributed by atoms with Crippen LogP contribution in [0.4, 0.5) is 0 Å². The third-order valence-electron chi connectivity index (χ3n) is 3.03. The number of ether oxygens (including phenoxy) is 1. The number of rotatable bonds is 5. The number of hydrogen-bond acceptors (Lipinski definition) is 3. The lowest BCUT2D eigenvalue weighted by Crippen LogP contribution is -2.18. The molecule has 1 atom stereocenters. The molecule has 0 fully saturated rings. The second-order valence-electron chi connectivity index (χ2n) is 4.34. The van der Waals surface area contributed by atoms with Gasteiger partial charge in [-0.15, -0.1) is 0 Å². The first-order valence-corrected chi connectivity index (χ1v) is 7.06. The average Bonchev–Trinajstić information content (AvgIpc) is 2.87. The molecule has 0 aliphatic rings.